The van der Waals surface area contributed by atoms with Gasteiger partial charge in [0.15, 0.2) is 11.5 Å². The summed E-state index contributed by atoms with van der Waals surface area (Å²) in [6.45, 7) is 5.51. The molecule has 0 bridgehead atoms. The van der Waals surface area contributed by atoms with Crippen molar-refractivity contribution in [1.29, 1.82) is 0 Å². The number of anilines is 2. The summed E-state index contributed by atoms with van der Waals surface area (Å²) in [7, 11) is 3.21. The maximum atomic E-state index is 14.6. The molecule has 4 heterocycles. The summed E-state index contributed by atoms with van der Waals surface area (Å²) in [6.07, 6.45) is 1.63. The number of benzene rings is 2. The van der Waals surface area contributed by atoms with E-state index in [1.54, 1.807) is 68.2 Å². The Morgan fingerprint density at radius 1 is 0.935 bits per heavy atom. The molecule has 0 radical (unpaired) electrons. The van der Waals surface area contributed by atoms with Crippen LogP contribution in [0.5, 0.6) is 0 Å². The Labute approximate surface area is 260 Å². The monoisotopic (exact) mass is 624 g/mol. The fourth-order valence-corrected chi connectivity index (χ4v) is 5.46. The smallest absolute Gasteiger partial charge is 0.290 e. The third kappa shape index (κ3) is 5.19. The van der Waals surface area contributed by atoms with Crippen molar-refractivity contribution in [3.05, 3.63) is 110 Å². The molecule has 0 spiro atoms. The van der Waals surface area contributed by atoms with Crippen molar-refractivity contribution in [3.63, 3.8) is 0 Å². The molecule has 13 nitrogen and oxygen atoms in total. The molecule has 6 rings (SSSR count). The first-order valence-electron chi connectivity index (χ1n) is 14.3. The van der Waals surface area contributed by atoms with Crippen LogP contribution in [0.25, 0.3) is 27.7 Å². The SMILES string of the molecule is CCn1c2c(C(=O)Nc3ccc(F)c(C(=O)Nc4ccn(C)n4)c3)nc(C)cc2c(=O)n1-c1ccc(-c2c(C)on(C)c2=O)cc1. The molecular formula is C32H29FN8O5. The van der Waals surface area contributed by atoms with Crippen molar-refractivity contribution >= 4 is 34.2 Å². The summed E-state index contributed by atoms with van der Waals surface area (Å²) in [5, 5.41) is 9.56. The number of aryl methyl sites for hydroxylation is 5. The minimum atomic E-state index is -0.784. The molecule has 46 heavy (non-hydrogen) atoms. The Kier molecular flexibility index (Phi) is 7.48. The van der Waals surface area contributed by atoms with Crippen LogP contribution in [0, 0.1) is 19.7 Å². The molecule has 14 heteroatoms. The number of amides is 2. The first-order chi connectivity index (χ1) is 22.0. The molecule has 6 aromatic rings. The third-order valence-electron chi connectivity index (χ3n) is 7.51. The second-order valence-electron chi connectivity index (χ2n) is 10.7. The van der Waals surface area contributed by atoms with Crippen LogP contribution >= 0.6 is 0 Å². The average Bonchev–Trinajstić information content (AvgIpc) is 3.65. The molecule has 4 aromatic heterocycles. The number of nitrogens with zero attached hydrogens (tertiary/aromatic N) is 6. The molecule has 0 unspecified atom stereocenters. The normalized spacial score (nSPS) is 11.3. The molecular weight excluding hydrogens is 595 g/mol. The lowest BCUT2D eigenvalue weighted by Crippen LogP contribution is -2.21. The number of halogens is 1. The van der Waals surface area contributed by atoms with Gasteiger partial charge in [-0.15, -0.1) is 0 Å². The molecule has 0 aliphatic rings. The highest BCUT2D eigenvalue weighted by Crippen LogP contribution is 2.25. The van der Waals surface area contributed by atoms with Gasteiger partial charge in [0.05, 0.1) is 22.2 Å². The van der Waals surface area contributed by atoms with E-state index in [4.69, 9.17) is 4.52 Å². The summed E-state index contributed by atoms with van der Waals surface area (Å²) in [6, 6.07) is 13.7. The summed E-state index contributed by atoms with van der Waals surface area (Å²) >= 11 is 0. The van der Waals surface area contributed by atoms with Crippen molar-refractivity contribution in [2.45, 2.75) is 27.3 Å². The first kappa shape index (κ1) is 30.0. The maximum Gasteiger partial charge on any atom is 0.290 e. The van der Waals surface area contributed by atoms with Crippen molar-refractivity contribution < 1.29 is 18.5 Å². The molecule has 0 atom stereocenters. The number of hydrogen-bond acceptors (Lipinski definition) is 7. The molecule has 0 aliphatic heterocycles. The zero-order valence-corrected chi connectivity index (χ0v) is 25.6. The lowest BCUT2D eigenvalue weighted by atomic mass is 10.1. The van der Waals surface area contributed by atoms with Gasteiger partial charge in [-0.3, -0.25) is 28.5 Å². The summed E-state index contributed by atoms with van der Waals surface area (Å²) in [4.78, 5) is 57.3. The highest BCUT2D eigenvalue weighted by atomic mass is 19.1. The van der Waals surface area contributed by atoms with E-state index in [-0.39, 0.29) is 39.3 Å². The second kappa shape index (κ2) is 11.5. The van der Waals surface area contributed by atoms with Crippen LogP contribution in [-0.4, -0.2) is 40.7 Å². The van der Waals surface area contributed by atoms with Gasteiger partial charge in [-0.25, -0.2) is 14.1 Å². The lowest BCUT2D eigenvalue weighted by molar-refractivity contribution is 0.101. The van der Waals surface area contributed by atoms with Crippen LogP contribution in [0.1, 0.15) is 39.2 Å². The molecule has 0 aliphatic carbocycles. The maximum absolute atomic E-state index is 14.6. The summed E-state index contributed by atoms with van der Waals surface area (Å²) in [5.74, 6) is -1.47. The Bertz CT molecular complexity index is 2290. The zero-order valence-electron chi connectivity index (χ0n) is 25.6. The topological polar surface area (TPSA) is 151 Å². The van der Waals surface area contributed by atoms with Gasteiger partial charge in [-0.2, -0.15) is 9.84 Å². The van der Waals surface area contributed by atoms with Crippen LogP contribution in [0.3, 0.4) is 0 Å². The predicted octanol–water partition coefficient (Wildman–Crippen LogP) is 4.16. The quantitative estimate of drug-likeness (QED) is 0.271. The van der Waals surface area contributed by atoms with Crippen LogP contribution in [0.4, 0.5) is 15.9 Å². The van der Waals surface area contributed by atoms with Gasteiger partial charge in [0.1, 0.15) is 17.1 Å². The summed E-state index contributed by atoms with van der Waals surface area (Å²) in [5.41, 5.74) is 1.49. The number of carbonyl (C=O) groups is 2. The van der Waals surface area contributed by atoms with E-state index in [9.17, 15) is 23.6 Å². The summed E-state index contributed by atoms with van der Waals surface area (Å²) < 4.78 is 25.8. The van der Waals surface area contributed by atoms with Gasteiger partial charge in [0.25, 0.3) is 22.9 Å². The number of hydrogen-bond donors (Lipinski definition) is 2. The highest BCUT2D eigenvalue weighted by Gasteiger charge is 2.24. The Balaban J connectivity index is 1.37. The number of nitrogens with one attached hydrogen (secondary N) is 2. The number of fused-ring (bicyclic) bond motifs is 1. The fourth-order valence-electron chi connectivity index (χ4n) is 5.46. The van der Waals surface area contributed by atoms with Crippen molar-refractivity contribution in [2.24, 2.45) is 14.1 Å². The van der Waals surface area contributed by atoms with Crippen molar-refractivity contribution in [3.8, 4) is 16.8 Å². The minimum Gasteiger partial charge on any atom is -0.381 e. The van der Waals surface area contributed by atoms with E-state index in [1.807, 2.05) is 6.92 Å². The van der Waals surface area contributed by atoms with Crippen LogP contribution in [-0.2, 0) is 20.6 Å². The van der Waals surface area contributed by atoms with Gasteiger partial charge in [0.2, 0.25) is 0 Å². The highest BCUT2D eigenvalue weighted by molar-refractivity contribution is 6.11. The number of rotatable bonds is 7. The first-order valence-corrected chi connectivity index (χ1v) is 14.3. The minimum absolute atomic E-state index is 0.0225. The van der Waals surface area contributed by atoms with Crippen LogP contribution in [0.2, 0.25) is 0 Å². The number of aromatic nitrogens is 6. The van der Waals surface area contributed by atoms with E-state index in [0.717, 1.165) is 10.8 Å². The van der Waals surface area contributed by atoms with E-state index in [0.29, 0.717) is 40.3 Å². The zero-order chi connectivity index (χ0) is 32.9. The molecule has 0 saturated carbocycles. The standard InChI is InChI=1S/C32H29FN8O5/c1-6-40-28-23(31(44)41(40)21-10-7-19(8-11-21)26-18(3)46-39(5)32(26)45)15-17(2)34-27(28)30(43)35-20-9-12-24(33)22(16-20)29(42)36-25-13-14-38(4)37-25/h7-16H,6H2,1-5H3,(H,35,43)(H,36,37,42). The van der Waals surface area contributed by atoms with Gasteiger partial charge < -0.3 is 15.2 Å². The van der Waals surface area contributed by atoms with Crippen LogP contribution in [0.15, 0.2) is 74.9 Å². The second-order valence-corrected chi connectivity index (χ2v) is 10.7. The molecule has 2 amide bonds. The fraction of sp³-hybridized carbons (Fsp3) is 0.188. The van der Waals surface area contributed by atoms with Gasteiger partial charge in [0, 0.05) is 44.3 Å². The lowest BCUT2D eigenvalue weighted by Gasteiger charge is -2.13. The van der Waals surface area contributed by atoms with E-state index in [1.165, 1.54) is 28.5 Å². The van der Waals surface area contributed by atoms with Gasteiger partial charge >= 0.3 is 0 Å². The average molecular weight is 625 g/mol. The largest absolute Gasteiger partial charge is 0.381 e. The predicted molar refractivity (Wildman–Crippen MR) is 169 cm³/mol. The molecule has 0 saturated heterocycles. The van der Waals surface area contributed by atoms with Crippen LogP contribution < -0.4 is 21.8 Å². The Hall–Kier alpha value is -6.05. The van der Waals surface area contributed by atoms with Gasteiger partial charge in [-0.1, -0.05) is 12.1 Å². The number of carbonyl (C=O) groups excluding carboxylic acids is 2. The van der Waals surface area contributed by atoms with E-state index >= 15 is 0 Å². The molecule has 0 fully saturated rings. The number of pyridine rings is 1. The Morgan fingerprint density at radius 2 is 1.67 bits per heavy atom. The Morgan fingerprint density at radius 3 is 2.30 bits per heavy atom. The van der Waals surface area contributed by atoms with Gasteiger partial charge in [-0.05, 0) is 62.7 Å². The molecule has 2 aromatic carbocycles. The van der Waals surface area contributed by atoms with E-state index < -0.39 is 17.6 Å². The third-order valence-corrected chi connectivity index (χ3v) is 7.51. The van der Waals surface area contributed by atoms with E-state index in [2.05, 4.69) is 20.7 Å². The van der Waals surface area contributed by atoms with Crippen molar-refractivity contribution in [2.75, 3.05) is 10.6 Å². The molecule has 2 N–H and O–H groups in total. The molecule has 234 valence electrons. The van der Waals surface area contributed by atoms with Crippen molar-refractivity contribution in [1.82, 2.24) is 28.9 Å².